The zero-order chi connectivity index (χ0) is 47.2. The van der Waals surface area contributed by atoms with E-state index in [9.17, 15) is 24.0 Å². The Labute approximate surface area is 394 Å². The maximum absolute atomic E-state index is 13.4. The minimum atomic E-state index is -0.958. The van der Waals surface area contributed by atoms with Crippen LogP contribution in [0.2, 0.25) is 5.02 Å². The van der Waals surface area contributed by atoms with E-state index in [0.29, 0.717) is 63.4 Å². The molecule has 5 aliphatic heterocycles. The van der Waals surface area contributed by atoms with E-state index in [4.69, 9.17) is 26.1 Å². The highest BCUT2D eigenvalue weighted by Gasteiger charge is 2.60. The van der Waals surface area contributed by atoms with Crippen LogP contribution in [0.5, 0.6) is 5.75 Å². The van der Waals surface area contributed by atoms with Crippen molar-refractivity contribution in [2.45, 2.75) is 84.2 Å². The zero-order valence-electron chi connectivity index (χ0n) is 38.6. The lowest BCUT2D eigenvalue weighted by Gasteiger charge is -2.66. The Morgan fingerprint density at radius 2 is 1.63 bits per heavy atom. The molecule has 354 valence electrons. The average Bonchev–Trinajstić information content (AvgIpc) is 3.54. The monoisotopic (exact) mass is 934 g/mol. The van der Waals surface area contributed by atoms with E-state index < -0.39 is 23.8 Å². The van der Waals surface area contributed by atoms with Gasteiger partial charge < -0.3 is 34.6 Å². The molecule has 5 amide bonds. The van der Waals surface area contributed by atoms with Gasteiger partial charge in [-0.1, -0.05) is 11.6 Å². The molecule has 2 spiro atoms. The number of nitrogens with one attached hydrogen (secondary N) is 3. The molecule has 10 rings (SSSR count). The van der Waals surface area contributed by atoms with Gasteiger partial charge in [-0.3, -0.25) is 39.0 Å². The molecule has 1 aliphatic carbocycles. The Hall–Kier alpha value is -6.07. The van der Waals surface area contributed by atoms with Crippen molar-refractivity contribution >= 4 is 75.7 Å². The number of piperidine rings is 3. The van der Waals surface area contributed by atoms with Crippen LogP contribution in [-0.4, -0.2) is 120 Å². The summed E-state index contributed by atoms with van der Waals surface area (Å²) in [5.74, 6) is 0.258. The fraction of sp³-hybridized carbons (Fsp3) is 0.510. The van der Waals surface area contributed by atoms with Gasteiger partial charge in [0.1, 0.15) is 11.1 Å². The highest BCUT2D eigenvalue weighted by atomic mass is 35.5. The minimum Gasteiger partial charge on any atom is -0.488 e. The number of aromatic nitrogens is 3. The predicted octanol–water partition coefficient (Wildman–Crippen LogP) is 5.53. The van der Waals surface area contributed by atoms with E-state index in [2.05, 4.69) is 35.6 Å². The normalized spacial score (nSPS) is 21.2. The quantitative estimate of drug-likeness (QED) is 0.126. The molecule has 2 aromatic carbocycles. The SMILES string of the molecule is CCOc1cc2cc(Nc3nc(N4CCC(CN5CCC6(CC5)CC5(CN(c7ccc8c(c7)C(=O)N(C7CCC(=O)NC7=O)C8=O)C5)C6)CC4)ncc3Cl)ccc2n(C(C)C)c1=O.CNC=O. The summed E-state index contributed by atoms with van der Waals surface area (Å²) >= 11 is 6.62. The van der Waals surface area contributed by atoms with Crippen molar-refractivity contribution in [3.63, 3.8) is 0 Å². The number of anilines is 4. The van der Waals surface area contributed by atoms with Crippen LogP contribution < -0.4 is 36.0 Å². The van der Waals surface area contributed by atoms with Crippen LogP contribution in [0.15, 0.2) is 53.5 Å². The van der Waals surface area contributed by atoms with Crippen LogP contribution in [-0.2, 0) is 14.4 Å². The fourth-order valence-corrected chi connectivity index (χ4v) is 11.7. The van der Waals surface area contributed by atoms with Crippen LogP contribution >= 0.6 is 11.6 Å². The summed E-state index contributed by atoms with van der Waals surface area (Å²) in [5, 5.41) is 9.22. The van der Waals surface area contributed by atoms with E-state index in [0.717, 1.165) is 85.8 Å². The third-order valence-electron chi connectivity index (χ3n) is 14.6. The Morgan fingerprint density at radius 3 is 2.30 bits per heavy atom. The van der Waals surface area contributed by atoms with Gasteiger partial charge in [-0.2, -0.15) is 4.98 Å². The van der Waals surface area contributed by atoms with Gasteiger partial charge in [0, 0.05) is 74.4 Å². The summed E-state index contributed by atoms with van der Waals surface area (Å²) in [7, 11) is 1.56. The highest BCUT2D eigenvalue weighted by Crippen LogP contribution is 2.63. The molecule has 18 heteroatoms. The molecule has 2 aromatic heterocycles. The molecule has 3 N–H and O–H groups in total. The van der Waals surface area contributed by atoms with Crippen LogP contribution in [0, 0.1) is 16.7 Å². The first-order chi connectivity index (χ1) is 32.2. The van der Waals surface area contributed by atoms with Gasteiger partial charge >= 0.3 is 0 Å². The van der Waals surface area contributed by atoms with E-state index in [1.807, 2.05) is 51.1 Å². The Morgan fingerprint density at radius 1 is 0.910 bits per heavy atom. The molecule has 1 unspecified atom stereocenters. The molecular weight excluding hydrogens is 876 g/mol. The third kappa shape index (κ3) is 8.95. The van der Waals surface area contributed by atoms with Crippen molar-refractivity contribution in [3.05, 3.63) is 75.2 Å². The van der Waals surface area contributed by atoms with Gasteiger partial charge in [-0.05, 0) is 133 Å². The first-order valence-electron chi connectivity index (χ1n) is 23.5. The number of carbonyl (C=O) groups excluding carboxylic acids is 5. The molecule has 17 nitrogen and oxygen atoms in total. The van der Waals surface area contributed by atoms with Crippen molar-refractivity contribution in [2.75, 3.05) is 74.6 Å². The van der Waals surface area contributed by atoms with Crippen molar-refractivity contribution in [2.24, 2.45) is 16.7 Å². The van der Waals surface area contributed by atoms with Crippen molar-refractivity contribution in [1.82, 2.24) is 35.0 Å². The number of nitrogens with zero attached hydrogens (tertiary/aromatic N) is 7. The molecule has 6 aliphatic rings. The van der Waals surface area contributed by atoms with Gasteiger partial charge in [0.15, 0.2) is 11.6 Å². The number of fused-ring (bicyclic) bond motifs is 2. The number of hydrogen-bond acceptors (Lipinski definition) is 13. The smallest absolute Gasteiger partial charge is 0.293 e. The van der Waals surface area contributed by atoms with Crippen LogP contribution in [0.25, 0.3) is 10.9 Å². The Bertz CT molecular complexity index is 2660. The Kier molecular flexibility index (Phi) is 12.7. The van der Waals surface area contributed by atoms with E-state index >= 15 is 0 Å². The number of pyridine rings is 1. The third-order valence-corrected chi connectivity index (χ3v) is 14.9. The summed E-state index contributed by atoms with van der Waals surface area (Å²) < 4.78 is 7.45. The summed E-state index contributed by atoms with van der Waals surface area (Å²) in [4.78, 5) is 90.6. The van der Waals surface area contributed by atoms with Crippen LogP contribution in [0.3, 0.4) is 0 Å². The lowest BCUT2D eigenvalue weighted by Crippen LogP contribution is -2.67. The molecule has 67 heavy (non-hydrogen) atoms. The Balaban J connectivity index is 0.00000135. The fourth-order valence-electron chi connectivity index (χ4n) is 11.5. The number of imide groups is 2. The minimum absolute atomic E-state index is 0.0291. The number of hydrogen-bond donors (Lipinski definition) is 3. The largest absolute Gasteiger partial charge is 0.488 e. The summed E-state index contributed by atoms with van der Waals surface area (Å²) in [6.45, 7) is 13.3. The number of carbonyl (C=O) groups is 5. The molecule has 0 bridgehead atoms. The topological polar surface area (TPSA) is 191 Å². The molecule has 1 atom stereocenters. The van der Waals surface area contributed by atoms with Crippen LogP contribution in [0.4, 0.5) is 23.1 Å². The molecule has 5 fully saturated rings. The number of halogens is 1. The standard InChI is InChI=1S/C47H54ClN9O6.C2H5NO/c1-4-63-38-20-30-19-31(5-8-36(30)56(28(2)3)44(38)62)50-40-35(48)22-49-45(52-40)54-15-11-29(12-16-54)23-53-17-13-46(14-18-53)24-47(25-46)26-55(27-47)32-6-7-33-34(21-32)43(61)57(42(33)60)37-9-10-39(58)51-41(37)59;1-3-2-4/h5-8,19-22,28-29,37H,4,9-18,23-27H2,1-3H3,(H,49,50,52)(H,51,58,59);2H,1H3,(H,3,4). The molecule has 1 saturated carbocycles. The maximum atomic E-state index is 13.4. The molecule has 4 saturated heterocycles. The van der Waals surface area contributed by atoms with Gasteiger partial charge in [-0.25, -0.2) is 4.98 Å². The summed E-state index contributed by atoms with van der Waals surface area (Å²) in [6, 6.07) is 12.1. The van der Waals surface area contributed by atoms with Gasteiger partial charge in [0.25, 0.3) is 17.4 Å². The molecule has 7 heterocycles. The lowest BCUT2D eigenvalue weighted by molar-refractivity contribution is -0.136. The van der Waals surface area contributed by atoms with E-state index in [1.165, 1.54) is 25.7 Å². The second kappa shape index (κ2) is 18.5. The number of ether oxygens (including phenoxy) is 1. The lowest BCUT2D eigenvalue weighted by atomic mass is 9.47. The van der Waals surface area contributed by atoms with Crippen molar-refractivity contribution in [1.29, 1.82) is 0 Å². The predicted molar refractivity (Wildman–Crippen MR) is 255 cm³/mol. The second-order valence-corrected chi connectivity index (χ2v) is 19.9. The van der Waals surface area contributed by atoms with Gasteiger partial charge in [-0.15, -0.1) is 0 Å². The first-order valence-corrected chi connectivity index (χ1v) is 23.9. The van der Waals surface area contributed by atoms with Crippen molar-refractivity contribution < 1.29 is 28.7 Å². The molecular formula is C49H59ClN10O7. The van der Waals surface area contributed by atoms with Gasteiger partial charge in [0.2, 0.25) is 24.2 Å². The van der Waals surface area contributed by atoms with E-state index in [-0.39, 0.29) is 30.3 Å². The van der Waals surface area contributed by atoms with E-state index in [1.54, 1.807) is 29.9 Å². The summed E-state index contributed by atoms with van der Waals surface area (Å²) in [5.41, 5.74) is 3.83. The second-order valence-electron chi connectivity index (χ2n) is 19.5. The highest BCUT2D eigenvalue weighted by molar-refractivity contribution is 6.33. The molecule has 4 aromatic rings. The number of likely N-dealkylation sites (tertiary alicyclic amines) is 1. The molecule has 0 radical (unpaired) electrons. The van der Waals surface area contributed by atoms with Gasteiger partial charge in [0.05, 0.1) is 29.4 Å². The summed E-state index contributed by atoms with van der Waals surface area (Å²) in [6.07, 6.45) is 9.64. The average molecular weight is 936 g/mol. The number of amides is 5. The maximum Gasteiger partial charge on any atom is 0.293 e. The zero-order valence-corrected chi connectivity index (χ0v) is 39.4. The number of benzene rings is 2. The number of rotatable bonds is 11. The van der Waals surface area contributed by atoms with Crippen LogP contribution in [0.1, 0.15) is 98.9 Å². The first kappa shape index (κ1) is 46.1. The van der Waals surface area contributed by atoms with Crippen molar-refractivity contribution in [3.8, 4) is 5.75 Å².